The zero-order valence-corrected chi connectivity index (χ0v) is 11.2. The van der Waals surface area contributed by atoms with E-state index in [0.717, 1.165) is 30.8 Å². The van der Waals surface area contributed by atoms with Crippen molar-refractivity contribution in [3.05, 3.63) is 41.3 Å². The number of rotatable bonds is 2. The van der Waals surface area contributed by atoms with Gasteiger partial charge in [-0.2, -0.15) is 0 Å². The van der Waals surface area contributed by atoms with Gasteiger partial charge in [-0.15, -0.1) is 0 Å². The topological polar surface area (TPSA) is 40.6 Å². The summed E-state index contributed by atoms with van der Waals surface area (Å²) in [4.78, 5) is 27.7. The van der Waals surface area contributed by atoms with E-state index in [2.05, 4.69) is 0 Å². The molecule has 20 heavy (non-hydrogen) atoms. The number of hydrogen-bond acceptors (Lipinski definition) is 3. The highest BCUT2D eigenvalue weighted by Crippen LogP contribution is 2.32. The molecule has 0 aliphatic carbocycles. The van der Waals surface area contributed by atoms with Crippen molar-refractivity contribution in [2.75, 3.05) is 20.1 Å². The predicted molar refractivity (Wildman–Crippen MR) is 71.9 cm³/mol. The summed E-state index contributed by atoms with van der Waals surface area (Å²) in [5.74, 6) is -0.943. The molecule has 0 atom stereocenters. The van der Waals surface area contributed by atoms with E-state index in [1.54, 1.807) is 12.1 Å². The lowest BCUT2D eigenvalue weighted by Gasteiger charge is -2.18. The SMILES string of the molecule is CN1C(=O)C(c2ccc(F)cc2)=C(N2CCCC2)C1=O. The molecule has 2 aliphatic heterocycles. The van der Waals surface area contributed by atoms with E-state index >= 15 is 0 Å². The zero-order chi connectivity index (χ0) is 14.3. The van der Waals surface area contributed by atoms with Crippen LogP contribution in [0.25, 0.3) is 5.57 Å². The van der Waals surface area contributed by atoms with Gasteiger partial charge in [-0.25, -0.2) is 4.39 Å². The minimum absolute atomic E-state index is 0.267. The highest BCUT2D eigenvalue weighted by molar-refractivity contribution is 6.35. The normalized spacial score (nSPS) is 19.5. The fraction of sp³-hybridized carbons (Fsp3) is 0.333. The lowest BCUT2D eigenvalue weighted by atomic mass is 10.0. The van der Waals surface area contributed by atoms with Crippen LogP contribution in [0.1, 0.15) is 18.4 Å². The van der Waals surface area contributed by atoms with E-state index < -0.39 is 0 Å². The van der Waals surface area contributed by atoms with Crippen LogP contribution in [0.15, 0.2) is 30.0 Å². The first-order valence-electron chi connectivity index (χ1n) is 6.67. The Labute approximate surface area is 116 Å². The van der Waals surface area contributed by atoms with Gasteiger partial charge in [0.25, 0.3) is 11.8 Å². The van der Waals surface area contributed by atoms with E-state index in [-0.39, 0.29) is 17.6 Å². The molecule has 1 fully saturated rings. The molecule has 1 aromatic rings. The molecule has 0 bridgehead atoms. The molecular weight excluding hydrogens is 259 g/mol. The van der Waals surface area contributed by atoms with Gasteiger partial charge in [0.15, 0.2) is 0 Å². The first kappa shape index (κ1) is 12.8. The molecule has 2 heterocycles. The van der Waals surface area contributed by atoms with Crippen molar-refractivity contribution in [2.24, 2.45) is 0 Å². The third-order valence-corrected chi connectivity index (χ3v) is 3.82. The van der Waals surface area contributed by atoms with Crippen molar-refractivity contribution in [3.8, 4) is 0 Å². The average Bonchev–Trinajstić information content (AvgIpc) is 3.03. The number of nitrogens with zero attached hydrogens (tertiary/aromatic N) is 2. The molecule has 2 amide bonds. The molecule has 2 aliphatic rings. The van der Waals surface area contributed by atoms with Crippen LogP contribution in [-0.4, -0.2) is 41.8 Å². The maximum atomic E-state index is 13.0. The predicted octanol–water partition coefficient (Wildman–Crippen LogP) is 1.63. The van der Waals surface area contributed by atoms with Crippen molar-refractivity contribution < 1.29 is 14.0 Å². The lowest BCUT2D eigenvalue weighted by molar-refractivity contribution is -0.135. The smallest absolute Gasteiger partial charge is 0.277 e. The molecule has 5 heteroatoms. The third-order valence-electron chi connectivity index (χ3n) is 3.82. The number of imide groups is 1. The number of hydrogen-bond donors (Lipinski definition) is 0. The van der Waals surface area contributed by atoms with E-state index in [4.69, 9.17) is 0 Å². The number of carbonyl (C=O) groups is 2. The maximum absolute atomic E-state index is 13.0. The Morgan fingerprint density at radius 3 is 2.20 bits per heavy atom. The van der Waals surface area contributed by atoms with Crippen molar-refractivity contribution in [2.45, 2.75) is 12.8 Å². The van der Waals surface area contributed by atoms with Crippen LogP contribution < -0.4 is 0 Å². The Morgan fingerprint density at radius 1 is 1.00 bits per heavy atom. The van der Waals surface area contributed by atoms with Gasteiger partial charge in [0, 0.05) is 20.1 Å². The van der Waals surface area contributed by atoms with E-state index in [1.165, 1.54) is 19.2 Å². The minimum Gasteiger partial charge on any atom is -0.366 e. The zero-order valence-electron chi connectivity index (χ0n) is 11.2. The van der Waals surface area contributed by atoms with Crippen molar-refractivity contribution in [3.63, 3.8) is 0 Å². The first-order valence-corrected chi connectivity index (χ1v) is 6.67. The summed E-state index contributed by atoms with van der Waals surface area (Å²) in [6.45, 7) is 1.57. The van der Waals surface area contributed by atoms with Crippen LogP contribution in [-0.2, 0) is 9.59 Å². The summed E-state index contributed by atoms with van der Waals surface area (Å²) in [5.41, 5.74) is 1.44. The maximum Gasteiger partial charge on any atom is 0.277 e. The Kier molecular flexibility index (Phi) is 3.04. The Bertz CT molecular complexity index is 601. The fourth-order valence-electron chi connectivity index (χ4n) is 2.74. The molecule has 3 rings (SSSR count). The number of likely N-dealkylation sites (N-methyl/N-ethyl adjacent to an activating group) is 1. The second-order valence-electron chi connectivity index (χ2n) is 5.09. The Balaban J connectivity index is 2.12. The lowest BCUT2D eigenvalue weighted by Crippen LogP contribution is -2.31. The number of halogens is 1. The van der Waals surface area contributed by atoms with Crippen molar-refractivity contribution in [1.82, 2.24) is 9.80 Å². The standard InChI is InChI=1S/C15H15FN2O2/c1-17-14(19)12(10-4-6-11(16)7-5-10)13(15(17)20)18-8-2-3-9-18/h4-7H,2-3,8-9H2,1H3. The van der Waals surface area contributed by atoms with Crippen LogP contribution in [0, 0.1) is 5.82 Å². The number of carbonyl (C=O) groups excluding carboxylic acids is 2. The number of amides is 2. The molecule has 104 valence electrons. The van der Waals surface area contributed by atoms with Crippen LogP contribution in [0.2, 0.25) is 0 Å². The summed E-state index contributed by atoms with van der Waals surface area (Å²) in [6.07, 6.45) is 2.04. The van der Waals surface area contributed by atoms with Gasteiger partial charge in [0.1, 0.15) is 11.5 Å². The highest BCUT2D eigenvalue weighted by Gasteiger charge is 2.39. The van der Waals surface area contributed by atoms with Crippen molar-refractivity contribution in [1.29, 1.82) is 0 Å². The van der Waals surface area contributed by atoms with Gasteiger partial charge in [-0.3, -0.25) is 14.5 Å². The largest absolute Gasteiger partial charge is 0.366 e. The van der Waals surface area contributed by atoms with E-state index in [0.29, 0.717) is 16.8 Å². The number of likely N-dealkylation sites (tertiary alicyclic amines) is 1. The molecule has 0 unspecified atom stereocenters. The Morgan fingerprint density at radius 2 is 1.60 bits per heavy atom. The Hall–Kier alpha value is -2.17. The summed E-state index contributed by atoms with van der Waals surface area (Å²) in [6, 6.07) is 5.70. The molecular formula is C15H15FN2O2. The monoisotopic (exact) mass is 274 g/mol. The third kappa shape index (κ3) is 1.90. The first-order chi connectivity index (χ1) is 9.59. The van der Waals surface area contributed by atoms with Crippen molar-refractivity contribution >= 4 is 17.4 Å². The molecule has 4 nitrogen and oxygen atoms in total. The minimum atomic E-state index is -0.359. The van der Waals surface area contributed by atoms with Gasteiger partial charge in [-0.05, 0) is 30.5 Å². The second kappa shape index (κ2) is 4.74. The summed E-state index contributed by atoms with van der Waals surface area (Å²) < 4.78 is 13.0. The van der Waals surface area contributed by atoms with Gasteiger partial charge in [0.2, 0.25) is 0 Å². The highest BCUT2D eigenvalue weighted by atomic mass is 19.1. The molecule has 0 radical (unpaired) electrons. The van der Waals surface area contributed by atoms with Crippen LogP contribution >= 0.6 is 0 Å². The van der Waals surface area contributed by atoms with Gasteiger partial charge in [0.05, 0.1) is 5.57 Å². The molecule has 0 N–H and O–H groups in total. The van der Waals surface area contributed by atoms with E-state index in [9.17, 15) is 14.0 Å². The van der Waals surface area contributed by atoms with Gasteiger partial charge >= 0.3 is 0 Å². The summed E-state index contributed by atoms with van der Waals surface area (Å²) in [5, 5.41) is 0. The van der Waals surface area contributed by atoms with E-state index in [1.807, 2.05) is 4.90 Å². The quantitative estimate of drug-likeness (QED) is 0.770. The summed E-state index contributed by atoms with van der Waals surface area (Å²) >= 11 is 0. The van der Waals surface area contributed by atoms with Crippen LogP contribution in [0.3, 0.4) is 0 Å². The van der Waals surface area contributed by atoms with Gasteiger partial charge in [-0.1, -0.05) is 12.1 Å². The molecule has 1 saturated heterocycles. The molecule has 1 aromatic carbocycles. The fourth-order valence-corrected chi connectivity index (χ4v) is 2.74. The molecule has 0 spiro atoms. The number of benzene rings is 1. The summed E-state index contributed by atoms with van der Waals surface area (Å²) in [7, 11) is 1.48. The molecule has 0 aromatic heterocycles. The van der Waals surface area contributed by atoms with Gasteiger partial charge < -0.3 is 4.90 Å². The second-order valence-corrected chi connectivity index (χ2v) is 5.09. The molecule has 0 saturated carbocycles. The van der Waals surface area contributed by atoms with Crippen LogP contribution in [0.5, 0.6) is 0 Å². The average molecular weight is 274 g/mol. The van der Waals surface area contributed by atoms with Crippen LogP contribution in [0.4, 0.5) is 4.39 Å².